The van der Waals surface area contributed by atoms with Crippen molar-refractivity contribution in [2.45, 2.75) is 49.4 Å². The second kappa shape index (κ2) is 5.85. The van der Waals surface area contributed by atoms with Gasteiger partial charge in [-0.2, -0.15) is 4.31 Å². The molecule has 0 atom stereocenters. The zero-order valence-electron chi connectivity index (χ0n) is 11.4. The fourth-order valence-electron chi connectivity index (χ4n) is 2.61. The van der Waals surface area contributed by atoms with Crippen LogP contribution >= 0.6 is 11.6 Å². The third-order valence-corrected chi connectivity index (χ3v) is 6.21. The number of sulfonamides is 1. The summed E-state index contributed by atoms with van der Waals surface area (Å²) in [7, 11) is -1.72. The molecule has 6 heteroatoms. The molecular weight excluding hydrogens is 284 g/mol. The summed E-state index contributed by atoms with van der Waals surface area (Å²) in [4.78, 5) is 3.20. The van der Waals surface area contributed by atoms with Crippen molar-refractivity contribution in [3.8, 4) is 0 Å². The van der Waals surface area contributed by atoms with Crippen LogP contribution in [-0.4, -0.2) is 30.8 Å². The van der Waals surface area contributed by atoms with Crippen molar-refractivity contribution >= 4 is 21.6 Å². The van der Waals surface area contributed by atoms with Crippen LogP contribution in [0.2, 0.25) is 0 Å². The van der Waals surface area contributed by atoms with Gasteiger partial charge in [0, 0.05) is 25.0 Å². The van der Waals surface area contributed by atoms with Gasteiger partial charge < -0.3 is 4.98 Å². The molecule has 1 aliphatic carbocycles. The summed E-state index contributed by atoms with van der Waals surface area (Å²) in [5.74, 6) is 1.00. The fraction of sp³-hybridized carbons (Fsp3) is 0.692. The van der Waals surface area contributed by atoms with Crippen LogP contribution < -0.4 is 0 Å². The van der Waals surface area contributed by atoms with Crippen LogP contribution in [0.15, 0.2) is 17.2 Å². The Morgan fingerprint density at radius 3 is 2.53 bits per heavy atom. The number of halogens is 1. The van der Waals surface area contributed by atoms with Crippen molar-refractivity contribution in [3.63, 3.8) is 0 Å². The highest BCUT2D eigenvalue weighted by Crippen LogP contribution is 2.29. The first-order valence-corrected chi connectivity index (χ1v) is 8.64. The first-order valence-electron chi connectivity index (χ1n) is 6.66. The number of aromatic nitrogens is 1. The highest BCUT2D eigenvalue weighted by atomic mass is 35.5. The number of nitrogens with zero attached hydrogens (tertiary/aromatic N) is 1. The molecule has 2 rings (SSSR count). The van der Waals surface area contributed by atoms with Gasteiger partial charge in [0.1, 0.15) is 0 Å². The van der Waals surface area contributed by atoms with Crippen LogP contribution in [0, 0.1) is 5.92 Å². The summed E-state index contributed by atoms with van der Waals surface area (Å²) in [5.41, 5.74) is 0.728. The molecule has 0 bridgehead atoms. The number of H-pyrrole nitrogens is 1. The molecule has 0 aliphatic heterocycles. The van der Waals surface area contributed by atoms with Gasteiger partial charge in [0.2, 0.25) is 10.0 Å². The Labute approximate surface area is 120 Å². The third-order valence-electron chi connectivity index (χ3n) is 4.04. The van der Waals surface area contributed by atoms with E-state index >= 15 is 0 Å². The Hall–Kier alpha value is -0.520. The molecular formula is C13H21ClN2O2S. The average molecular weight is 305 g/mol. The van der Waals surface area contributed by atoms with E-state index in [0.717, 1.165) is 31.4 Å². The molecule has 0 aromatic carbocycles. The average Bonchev–Trinajstić information content (AvgIpc) is 2.88. The first kappa shape index (κ1) is 14.9. The summed E-state index contributed by atoms with van der Waals surface area (Å²) in [6, 6.07) is 1.74. The van der Waals surface area contributed by atoms with Gasteiger partial charge in [-0.3, -0.25) is 0 Å². The van der Waals surface area contributed by atoms with Crippen molar-refractivity contribution in [1.29, 1.82) is 0 Å². The van der Waals surface area contributed by atoms with E-state index in [1.165, 1.54) is 10.5 Å². The molecule has 1 heterocycles. The molecule has 108 valence electrons. The molecule has 0 radical (unpaired) electrons. The Bertz CT molecular complexity index is 519. The lowest BCUT2D eigenvalue weighted by atomic mass is 9.87. The number of nitrogens with one attached hydrogen (secondary N) is 1. The second-order valence-corrected chi connectivity index (χ2v) is 7.69. The number of rotatable bonds is 4. The maximum atomic E-state index is 12.5. The number of hydrogen-bond acceptors (Lipinski definition) is 2. The van der Waals surface area contributed by atoms with Crippen LogP contribution in [0.1, 0.15) is 38.3 Å². The highest BCUT2D eigenvalue weighted by molar-refractivity contribution is 7.89. The largest absolute Gasteiger partial charge is 0.363 e. The predicted octanol–water partition coefficient (Wildman–Crippen LogP) is 2.95. The van der Waals surface area contributed by atoms with Gasteiger partial charge in [-0.25, -0.2) is 8.42 Å². The normalized spacial score (nSPS) is 24.8. The number of alkyl halides is 1. The SMILES string of the molecule is CC1CCC(N(C)S(=O)(=O)c2c[nH]c(CCl)c2)CC1. The lowest BCUT2D eigenvalue weighted by Crippen LogP contribution is -2.39. The molecule has 4 nitrogen and oxygen atoms in total. The maximum Gasteiger partial charge on any atom is 0.244 e. The highest BCUT2D eigenvalue weighted by Gasteiger charge is 2.30. The van der Waals surface area contributed by atoms with Crippen LogP contribution in [0.4, 0.5) is 0 Å². The van der Waals surface area contributed by atoms with Crippen molar-refractivity contribution in [2.75, 3.05) is 7.05 Å². The molecule has 19 heavy (non-hydrogen) atoms. The summed E-state index contributed by atoms with van der Waals surface area (Å²) < 4.78 is 26.5. The van der Waals surface area contributed by atoms with Gasteiger partial charge in [0.25, 0.3) is 0 Å². The summed E-state index contributed by atoms with van der Waals surface area (Å²) in [6.07, 6.45) is 5.62. The molecule has 0 spiro atoms. The van der Waals surface area contributed by atoms with E-state index in [0.29, 0.717) is 16.7 Å². The smallest absolute Gasteiger partial charge is 0.244 e. The van der Waals surface area contributed by atoms with Crippen molar-refractivity contribution in [1.82, 2.24) is 9.29 Å². The minimum Gasteiger partial charge on any atom is -0.363 e. The summed E-state index contributed by atoms with van der Waals surface area (Å²) in [5, 5.41) is 0. The van der Waals surface area contributed by atoms with Crippen LogP contribution in [0.25, 0.3) is 0 Å². The Kier molecular flexibility index (Phi) is 4.58. The number of aromatic amines is 1. The second-order valence-electron chi connectivity index (χ2n) is 5.43. The van der Waals surface area contributed by atoms with Gasteiger partial charge >= 0.3 is 0 Å². The molecule has 1 aliphatic rings. The molecule has 0 amide bonds. The van der Waals surface area contributed by atoms with Gasteiger partial charge in [-0.05, 0) is 37.7 Å². The molecule has 1 aromatic heterocycles. The maximum absolute atomic E-state index is 12.5. The van der Waals surface area contributed by atoms with Gasteiger partial charge in [0.05, 0.1) is 10.8 Å². The van der Waals surface area contributed by atoms with Crippen LogP contribution in [0.3, 0.4) is 0 Å². The van der Waals surface area contributed by atoms with E-state index in [1.807, 2.05) is 0 Å². The van der Waals surface area contributed by atoms with E-state index < -0.39 is 10.0 Å². The van der Waals surface area contributed by atoms with Crippen molar-refractivity contribution in [3.05, 3.63) is 18.0 Å². The summed E-state index contributed by atoms with van der Waals surface area (Å²) >= 11 is 5.69. The quantitative estimate of drug-likeness (QED) is 0.870. The molecule has 1 aromatic rings. The predicted molar refractivity (Wildman–Crippen MR) is 76.7 cm³/mol. The van der Waals surface area contributed by atoms with Gasteiger partial charge in [0.15, 0.2) is 0 Å². The van der Waals surface area contributed by atoms with E-state index in [4.69, 9.17) is 11.6 Å². The topological polar surface area (TPSA) is 53.2 Å². The zero-order chi connectivity index (χ0) is 14.0. The van der Waals surface area contributed by atoms with E-state index in [9.17, 15) is 8.42 Å². The fourth-order valence-corrected chi connectivity index (χ4v) is 4.20. The molecule has 1 fully saturated rings. The standard InChI is InChI=1S/C13H21ClN2O2S/c1-10-3-5-12(6-4-10)16(2)19(17,18)13-7-11(8-14)15-9-13/h7,9-10,12,15H,3-6,8H2,1-2H3. The van der Waals surface area contributed by atoms with Crippen molar-refractivity contribution < 1.29 is 8.42 Å². The first-order chi connectivity index (χ1) is 8.95. The Morgan fingerprint density at radius 2 is 2.00 bits per heavy atom. The van der Waals surface area contributed by atoms with Gasteiger partial charge in [-0.15, -0.1) is 11.6 Å². The van der Waals surface area contributed by atoms with Crippen LogP contribution in [-0.2, 0) is 15.9 Å². The lowest BCUT2D eigenvalue weighted by molar-refractivity contribution is 0.246. The summed E-state index contributed by atoms with van der Waals surface area (Å²) in [6.45, 7) is 2.23. The lowest BCUT2D eigenvalue weighted by Gasteiger charge is -2.32. The van der Waals surface area contributed by atoms with Crippen molar-refractivity contribution in [2.24, 2.45) is 5.92 Å². The monoisotopic (exact) mass is 304 g/mol. The van der Waals surface area contributed by atoms with E-state index in [-0.39, 0.29) is 6.04 Å². The van der Waals surface area contributed by atoms with Crippen LogP contribution in [0.5, 0.6) is 0 Å². The van der Waals surface area contributed by atoms with E-state index in [2.05, 4.69) is 11.9 Å². The molecule has 0 saturated heterocycles. The Balaban J connectivity index is 2.14. The number of hydrogen-bond donors (Lipinski definition) is 1. The molecule has 0 unspecified atom stereocenters. The van der Waals surface area contributed by atoms with E-state index in [1.54, 1.807) is 13.1 Å². The minimum absolute atomic E-state index is 0.121. The third kappa shape index (κ3) is 3.15. The zero-order valence-corrected chi connectivity index (χ0v) is 13.0. The molecule has 1 saturated carbocycles. The minimum atomic E-state index is -3.40. The van der Waals surface area contributed by atoms with Gasteiger partial charge in [-0.1, -0.05) is 6.92 Å². The Morgan fingerprint density at radius 1 is 1.37 bits per heavy atom. The molecule has 1 N–H and O–H groups in total.